The van der Waals surface area contributed by atoms with E-state index in [1.807, 2.05) is 42.5 Å². The molecule has 1 amide bonds. The molecule has 3 atom stereocenters. The Labute approximate surface area is 157 Å². The molecule has 5 nitrogen and oxygen atoms in total. The van der Waals surface area contributed by atoms with Gasteiger partial charge in [0.05, 0.1) is 6.10 Å². The van der Waals surface area contributed by atoms with Crippen molar-refractivity contribution in [1.82, 2.24) is 10.3 Å². The predicted molar refractivity (Wildman–Crippen MR) is 102 cm³/mol. The molecule has 0 bridgehead atoms. The Kier molecular flexibility index (Phi) is 3.62. The number of nitrogens with zero attached hydrogens (tertiary/aromatic N) is 1. The number of nitrogens with one attached hydrogen (secondary N) is 1. The van der Waals surface area contributed by atoms with E-state index in [2.05, 4.69) is 24.1 Å². The number of hydrogen-bond donors (Lipinski definition) is 1. The van der Waals surface area contributed by atoms with Crippen molar-refractivity contribution in [3.63, 3.8) is 0 Å². The number of carbonyl (C=O) groups is 1. The molecular formula is C22H22N2O3. The fraction of sp³-hybridized carbons (Fsp3) is 0.364. The maximum absolute atomic E-state index is 12.8. The Morgan fingerprint density at radius 2 is 2.00 bits per heavy atom. The van der Waals surface area contributed by atoms with Crippen LogP contribution in [0.4, 0.5) is 0 Å². The summed E-state index contributed by atoms with van der Waals surface area (Å²) in [5.41, 5.74) is 2.85. The molecule has 3 unspecified atom stereocenters. The molecule has 1 N–H and O–H groups in total. The first-order valence-corrected chi connectivity index (χ1v) is 9.42. The number of hydrogen-bond acceptors (Lipinski definition) is 4. The summed E-state index contributed by atoms with van der Waals surface area (Å²) in [5, 5.41) is 3.22. The minimum atomic E-state index is -0.0713. The summed E-state index contributed by atoms with van der Waals surface area (Å²) in [6.07, 6.45) is 1.27. The van der Waals surface area contributed by atoms with Crippen molar-refractivity contribution in [3.8, 4) is 11.5 Å². The van der Waals surface area contributed by atoms with E-state index in [4.69, 9.17) is 9.15 Å². The van der Waals surface area contributed by atoms with Gasteiger partial charge in [-0.3, -0.25) is 4.79 Å². The van der Waals surface area contributed by atoms with Crippen LogP contribution in [0.2, 0.25) is 0 Å². The van der Waals surface area contributed by atoms with Gasteiger partial charge in [0.25, 0.3) is 5.91 Å². The van der Waals surface area contributed by atoms with Crippen LogP contribution in [0.5, 0.6) is 0 Å². The Morgan fingerprint density at radius 1 is 1.19 bits per heavy atom. The molecule has 1 saturated carbocycles. The molecule has 138 valence electrons. The normalized spacial score (nSPS) is 25.8. The fourth-order valence-electron chi connectivity index (χ4n) is 4.61. The van der Waals surface area contributed by atoms with Crippen molar-refractivity contribution in [3.05, 3.63) is 54.1 Å². The first kappa shape index (κ1) is 16.5. The molecule has 3 aromatic rings. The lowest BCUT2D eigenvalue weighted by molar-refractivity contribution is -0.108. The fourth-order valence-corrected chi connectivity index (χ4v) is 4.61. The zero-order chi connectivity index (χ0) is 18.6. The van der Waals surface area contributed by atoms with Gasteiger partial charge in [0.15, 0.2) is 5.58 Å². The summed E-state index contributed by atoms with van der Waals surface area (Å²) >= 11 is 0. The second-order valence-electron chi connectivity index (χ2n) is 8.08. The summed E-state index contributed by atoms with van der Waals surface area (Å²) in [4.78, 5) is 17.4. The summed E-state index contributed by atoms with van der Waals surface area (Å²) < 4.78 is 11.7. The molecule has 0 radical (unpaired) electrons. The Hall–Kier alpha value is -2.66. The molecule has 2 fully saturated rings. The average Bonchev–Trinajstić information content (AvgIpc) is 3.31. The van der Waals surface area contributed by atoms with E-state index < -0.39 is 0 Å². The molecule has 1 aromatic heterocycles. The van der Waals surface area contributed by atoms with Gasteiger partial charge in [0.2, 0.25) is 5.89 Å². The van der Waals surface area contributed by atoms with Gasteiger partial charge < -0.3 is 14.5 Å². The zero-order valence-electron chi connectivity index (χ0n) is 15.4. The number of carbonyl (C=O) groups excluding carboxylic acids is 1. The Bertz CT molecular complexity index is 1010. The van der Waals surface area contributed by atoms with Gasteiger partial charge in [-0.25, -0.2) is 4.98 Å². The van der Waals surface area contributed by atoms with E-state index in [1.165, 1.54) is 0 Å². The third-order valence-electron chi connectivity index (χ3n) is 6.06. The maximum Gasteiger partial charge on any atom is 0.251 e. The second-order valence-corrected chi connectivity index (χ2v) is 8.08. The summed E-state index contributed by atoms with van der Waals surface area (Å²) in [5.74, 6) is 0.912. The van der Waals surface area contributed by atoms with Crippen LogP contribution in [0, 0.1) is 11.3 Å². The number of ether oxygens (including phenoxy) is 1. The highest BCUT2D eigenvalue weighted by molar-refractivity contribution is 5.97. The Balaban J connectivity index is 1.39. The van der Waals surface area contributed by atoms with Gasteiger partial charge in [-0.15, -0.1) is 0 Å². The lowest BCUT2D eigenvalue weighted by Gasteiger charge is -2.54. The van der Waals surface area contributed by atoms with Crippen molar-refractivity contribution in [2.24, 2.45) is 11.3 Å². The van der Waals surface area contributed by atoms with Crippen molar-refractivity contribution >= 4 is 17.0 Å². The largest absolute Gasteiger partial charge is 0.436 e. The number of aromatic nitrogens is 1. The van der Waals surface area contributed by atoms with Crippen LogP contribution < -0.4 is 5.32 Å². The highest BCUT2D eigenvalue weighted by Crippen LogP contribution is 2.52. The first-order valence-electron chi connectivity index (χ1n) is 9.42. The highest BCUT2D eigenvalue weighted by Gasteiger charge is 2.59. The summed E-state index contributed by atoms with van der Waals surface area (Å²) in [6.45, 7) is 5.11. The lowest BCUT2D eigenvalue weighted by Crippen LogP contribution is -2.66. The van der Waals surface area contributed by atoms with Crippen molar-refractivity contribution in [2.75, 3.05) is 6.61 Å². The van der Waals surface area contributed by atoms with E-state index in [0.29, 0.717) is 23.0 Å². The van der Waals surface area contributed by atoms with E-state index in [9.17, 15) is 4.79 Å². The van der Waals surface area contributed by atoms with Crippen molar-refractivity contribution < 1.29 is 13.9 Å². The molecule has 2 aromatic carbocycles. The van der Waals surface area contributed by atoms with Crippen LogP contribution >= 0.6 is 0 Å². The maximum atomic E-state index is 12.8. The minimum Gasteiger partial charge on any atom is -0.436 e. The lowest BCUT2D eigenvalue weighted by atomic mass is 9.57. The number of rotatable bonds is 3. The van der Waals surface area contributed by atoms with Crippen LogP contribution in [0.25, 0.3) is 22.6 Å². The number of amides is 1. The van der Waals surface area contributed by atoms with Gasteiger partial charge in [0, 0.05) is 35.1 Å². The number of oxazole rings is 1. The molecule has 1 aliphatic carbocycles. The van der Waals surface area contributed by atoms with Crippen LogP contribution in [-0.2, 0) is 4.74 Å². The zero-order valence-corrected chi connectivity index (χ0v) is 15.4. The van der Waals surface area contributed by atoms with E-state index >= 15 is 0 Å². The molecule has 1 saturated heterocycles. The van der Waals surface area contributed by atoms with E-state index in [0.717, 1.165) is 24.1 Å². The summed E-state index contributed by atoms with van der Waals surface area (Å²) in [7, 11) is 0. The van der Waals surface area contributed by atoms with Crippen LogP contribution in [0.15, 0.2) is 52.9 Å². The summed E-state index contributed by atoms with van der Waals surface area (Å²) in [6, 6.07) is 15.3. The number of fused-ring (bicyclic) bond motifs is 2. The first-order chi connectivity index (χ1) is 13.0. The third-order valence-corrected chi connectivity index (χ3v) is 6.06. The quantitative estimate of drug-likeness (QED) is 0.764. The van der Waals surface area contributed by atoms with Crippen molar-refractivity contribution in [1.29, 1.82) is 0 Å². The average molecular weight is 362 g/mol. The van der Waals surface area contributed by atoms with Gasteiger partial charge >= 0.3 is 0 Å². The Morgan fingerprint density at radius 3 is 2.81 bits per heavy atom. The highest BCUT2D eigenvalue weighted by atomic mass is 16.5. The molecular weight excluding hydrogens is 340 g/mol. The second kappa shape index (κ2) is 5.92. The van der Waals surface area contributed by atoms with Crippen LogP contribution in [-0.4, -0.2) is 29.6 Å². The molecule has 5 rings (SSSR count). The minimum absolute atomic E-state index is 0.0341. The number of benzene rings is 2. The van der Waals surface area contributed by atoms with Gasteiger partial charge in [0.1, 0.15) is 5.52 Å². The smallest absolute Gasteiger partial charge is 0.251 e. The molecule has 0 spiro atoms. The SMILES string of the molecule is CC1(C)C(NC(=O)c2ccc3nc(-c4ccccc4)oc3c2)C2CCOC21. The predicted octanol–water partition coefficient (Wildman–Crippen LogP) is 4.04. The standard InChI is InChI=1S/C22H22N2O3/c1-22(2)18(15-10-11-26-19(15)22)24-20(25)14-8-9-16-17(12-14)27-21(23-16)13-6-4-3-5-7-13/h3-9,12,15,18-19H,10-11H2,1-2H3,(H,24,25). The van der Waals surface area contributed by atoms with Crippen LogP contribution in [0.1, 0.15) is 30.6 Å². The van der Waals surface area contributed by atoms with Crippen LogP contribution in [0.3, 0.4) is 0 Å². The van der Waals surface area contributed by atoms with E-state index in [-0.39, 0.29) is 23.5 Å². The molecule has 2 aliphatic rings. The molecule has 5 heteroatoms. The molecule has 2 heterocycles. The van der Waals surface area contributed by atoms with Gasteiger partial charge in [-0.05, 0) is 36.8 Å². The van der Waals surface area contributed by atoms with E-state index in [1.54, 1.807) is 6.07 Å². The molecule has 27 heavy (non-hydrogen) atoms. The van der Waals surface area contributed by atoms with Crippen molar-refractivity contribution in [2.45, 2.75) is 32.4 Å². The van der Waals surface area contributed by atoms with Gasteiger partial charge in [-0.2, -0.15) is 0 Å². The third kappa shape index (κ3) is 2.57. The molecule has 1 aliphatic heterocycles. The monoisotopic (exact) mass is 362 g/mol. The van der Waals surface area contributed by atoms with Gasteiger partial charge in [-0.1, -0.05) is 32.0 Å². The topological polar surface area (TPSA) is 64.4 Å².